The van der Waals surface area contributed by atoms with E-state index in [2.05, 4.69) is 127 Å². The predicted molar refractivity (Wildman–Crippen MR) is 175 cm³/mol. The standard InChI is InChI=1S/C40H24O2/c1-2-12-25(13-3-1)27-14-4-5-15-28(27)37-29-16-6-8-18-31(29)38(32-19-9-7-17-30(32)37)36-24-26-22-23-35-39(40(26)42-36)33-20-10-11-21-34(33)41-35/h1-24H. The van der Waals surface area contributed by atoms with Crippen molar-refractivity contribution < 1.29 is 8.83 Å². The number of para-hydroxylation sites is 1. The normalized spacial score (nSPS) is 11.8. The first kappa shape index (κ1) is 23.1. The third-order valence-electron chi connectivity index (χ3n) is 8.48. The molecule has 0 spiro atoms. The van der Waals surface area contributed by atoms with Crippen LogP contribution in [0.4, 0.5) is 0 Å². The highest BCUT2D eigenvalue weighted by Crippen LogP contribution is 2.47. The number of rotatable bonds is 3. The molecule has 0 bridgehead atoms. The minimum absolute atomic E-state index is 0.840. The van der Waals surface area contributed by atoms with Crippen molar-refractivity contribution in [3.05, 3.63) is 146 Å². The lowest BCUT2D eigenvalue weighted by Gasteiger charge is -2.18. The Hall–Kier alpha value is -5.60. The summed E-state index contributed by atoms with van der Waals surface area (Å²) in [5, 5.41) is 7.90. The van der Waals surface area contributed by atoms with E-state index in [9.17, 15) is 0 Å². The first-order valence-electron chi connectivity index (χ1n) is 14.3. The van der Waals surface area contributed by atoms with Crippen LogP contribution in [0.3, 0.4) is 0 Å². The van der Waals surface area contributed by atoms with Crippen LogP contribution < -0.4 is 0 Å². The monoisotopic (exact) mass is 536 g/mol. The molecule has 0 saturated carbocycles. The second-order valence-electron chi connectivity index (χ2n) is 10.8. The molecule has 0 saturated heterocycles. The van der Waals surface area contributed by atoms with Gasteiger partial charge in [-0.1, -0.05) is 121 Å². The molecule has 2 aromatic heterocycles. The molecule has 0 radical (unpaired) electrons. The van der Waals surface area contributed by atoms with Crippen LogP contribution in [0, 0.1) is 0 Å². The Morgan fingerprint density at radius 3 is 1.67 bits per heavy atom. The van der Waals surface area contributed by atoms with Crippen LogP contribution in [0.1, 0.15) is 0 Å². The molecule has 2 heterocycles. The molecule has 0 fully saturated rings. The molecule has 0 unspecified atom stereocenters. The molecule has 2 heteroatoms. The maximum atomic E-state index is 6.83. The van der Waals surface area contributed by atoms with E-state index >= 15 is 0 Å². The molecule has 9 rings (SSSR count). The van der Waals surface area contributed by atoms with Crippen molar-refractivity contribution in [1.82, 2.24) is 0 Å². The first-order valence-corrected chi connectivity index (χ1v) is 14.3. The Balaban J connectivity index is 1.39. The predicted octanol–water partition coefficient (Wildman–Crippen LogP) is 11.6. The summed E-state index contributed by atoms with van der Waals surface area (Å²) in [6.45, 7) is 0. The van der Waals surface area contributed by atoms with Gasteiger partial charge < -0.3 is 8.83 Å². The second kappa shape index (κ2) is 8.95. The van der Waals surface area contributed by atoms with E-state index in [1.54, 1.807) is 0 Å². The van der Waals surface area contributed by atoms with Crippen LogP contribution in [-0.4, -0.2) is 0 Å². The summed E-state index contributed by atoms with van der Waals surface area (Å²) in [6.07, 6.45) is 0. The SMILES string of the molecule is c1ccc(-c2ccccc2-c2c3ccccc3c(-c3cc4ccc5oc6ccccc6c5c4o3)c3ccccc23)cc1. The molecular weight excluding hydrogens is 512 g/mol. The first-order chi connectivity index (χ1) is 20.8. The third-order valence-corrected chi connectivity index (χ3v) is 8.48. The van der Waals surface area contributed by atoms with Crippen molar-refractivity contribution in [3.8, 4) is 33.6 Å². The fourth-order valence-electron chi connectivity index (χ4n) is 6.68. The minimum atomic E-state index is 0.840. The van der Waals surface area contributed by atoms with Crippen LogP contribution in [-0.2, 0) is 0 Å². The maximum Gasteiger partial charge on any atom is 0.146 e. The average Bonchev–Trinajstić information content (AvgIpc) is 3.65. The quantitative estimate of drug-likeness (QED) is 0.210. The molecular formula is C40H24O2. The highest BCUT2D eigenvalue weighted by Gasteiger charge is 2.21. The van der Waals surface area contributed by atoms with Gasteiger partial charge in [0, 0.05) is 16.3 Å². The Labute approximate surface area is 242 Å². The summed E-state index contributed by atoms with van der Waals surface area (Å²) in [5.74, 6) is 0.859. The highest BCUT2D eigenvalue weighted by atomic mass is 16.3. The lowest BCUT2D eigenvalue weighted by Crippen LogP contribution is -1.92. The van der Waals surface area contributed by atoms with Crippen LogP contribution in [0.25, 0.3) is 88.0 Å². The topological polar surface area (TPSA) is 26.3 Å². The van der Waals surface area contributed by atoms with Crippen molar-refractivity contribution in [2.24, 2.45) is 0 Å². The Bertz CT molecular complexity index is 2400. The van der Waals surface area contributed by atoms with Gasteiger partial charge in [0.05, 0.1) is 5.39 Å². The summed E-state index contributed by atoms with van der Waals surface area (Å²) in [7, 11) is 0. The summed E-state index contributed by atoms with van der Waals surface area (Å²) < 4.78 is 13.0. The van der Waals surface area contributed by atoms with Crippen LogP contribution in [0.5, 0.6) is 0 Å². The molecule has 0 aliphatic heterocycles. The molecule has 0 N–H and O–H groups in total. The van der Waals surface area contributed by atoms with E-state index in [0.717, 1.165) is 44.2 Å². The molecule has 0 amide bonds. The van der Waals surface area contributed by atoms with Crippen molar-refractivity contribution in [2.75, 3.05) is 0 Å². The van der Waals surface area contributed by atoms with Crippen molar-refractivity contribution in [1.29, 1.82) is 0 Å². The van der Waals surface area contributed by atoms with Crippen molar-refractivity contribution in [2.45, 2.75) is 0 Å². The van der Waals surface area contributed by atoms with Gasteiger partial charge in [-0.05, 0) is 68.1 Å². The molecule has 42 heavy (non-hydrogen) atoms. The van der Waals surface area contributed by atoms with Crippen molar-refractivity contribution >= 4 is 54.5 Å². The Morgan fingerprint density at radius 2 is 0.952 bits per heavy atom. The van der Waals surface area contributed by atoms with E-state index < -0.39 is 0 Å². The summed E-state index contributed by atoms with van der Waals surface area (Å²) in [6, 6.07) is 51.3. The van der Waals surface area contributed by atoms with Gasteiger partial charge in [-0.2, -0.15) is 0 Å². The Kier molecular flexibility index (Phi) is 4.93. The van der Waals surface area contributed by atoms with Gasteiger partial charge in [-0.15, -0.1) is 0 Å². The van der Waals surface area contributed by atoms with Gasteiger partial charge >= 0.3 is 0 Å². The number of benzene rings is 7. The number of furan rings is 2. The van der Waals surface area contributed by atoms with Crippen molar-refractivity contribution in [3.63, 3.8) is 0 Å². The lowest BCUT2D eigenvalue weighted by molar-refractivity contribution is 0.635. The van der Waals surface area contributed by atoms with Gasteiger partial charge in [0.1, 0.15) is 22.5 Å². The van der Waals surface area contributed by atoms with Gasteiger partial charge in [0.15, 0.2) is 0 Å². The zero-order valence-corrected chi connectivity index (χ0v) is 22.7. The number of fused-ring (bicyclic) bond motifs is 7. The molecule has 7 aromatic carbocycles. The summed E-state index contributed by atoms with van der Waals surface area (Å²) in [4.78, 5) is 0. The fraction of sp³-hybridized carbons (Fsp3) is 0. The summed E-state index contributed by atoms with van der Waals surface area (Å²) >= 11 is 0. The van der Waals surface area contributed by atoms with E-state index in [1.807, 2.05) is 18.2 Å². The fourth-order valence-corrected chi connectivity index (χ4v) is 6.68. The van der Waals surface area contributed by atoms with Gasteiger partial charge in [-0.3, -0.25) is 0 Å². The largest absolute Gasteiger partial charge is 0.456 e. The highest BCUT2D eigenvalue weighted by molar-refractivity contribution is 6.23. The molecule has 0 atom stereocenters. The van der Waals surface area contributed by atoms with Crippen LogP contribution >= 0.6 is 0 Å². The molecule has 2 nitrogen and oxygen atoms in total. The summed E-state index contributed by atoms with van der Waals surface area (Å²) in [5.41, 5.74) is 8.57. The zero-order chi connectivity index (χ0) is 27.6. The molecule has 196 valence electrons. The van der Waals surface area contributed by atoms with E-state index in [0.29, 0.717) is 0 Å². The van der Waals surface area contributed by atoms with Gasteiger partial charge in [0.25, 0.3) is 0 Å². The van der Waals surface area contributed by atoms with Gasteiger partial charge in [0.2, 0.25) is 0 Å². The lowest BCUT2D eigenvalue weighted by atomic mass is 9.85. The average molecular weight is 537 g/mol. The van der Waals surface area contributed by atoms with Gasteiger partial charge in [-0.25, -0.2) is 0 Å². The zero-order valence-electron chi connectivity index (χ0n) is 22.7. The van der Waals surface area contributed by atoms with Crippen LogP contribution in [0.15, 0.2) is 154 Å². The van der Waals surface area contributed by atoms with E-state index in [1.165, 1.54) is 43.8 Å². The molecule has 0 aliphatic rings. The second-order valence-corrected chi connectivity index (χ2v) is 10.8. The Morgan fingerprint density at radius 1 is 0.381 bits per heavy atom. The molecule has 0 aliphatic carbocycles. The minimum Gasteiger partial charge on any atom is -0.456 e. The smallest absolute Gasteiger partial charge is 0.146 e. The van der Waals surface area contributed by atoms with E-state index in [4.69, 9.17) is 8.83 Å². The number of hydrogen-bond acceptors (Lipinski definition) is 2. The maximum absolute atomic E-state index is 6.83. The molecule has 9 aromatic rings. The van der Waals surface area contributed by atoms with Crippen LogP contribution in [0.2, 0.25) is 0 Å². The van der Waals surface area contributed by atoms with E-state index in [-0.39, 0.29) is 0 Å². The number of hydrogen-bond donors (Lipinski definition) is 0. The third kappa shape index (κ3) is 3.33.